The summed E-state index contributed by atoms with van der Waals surface area (Å²) in [7, 11) is 0. The third-order valence-electron chi connectivity index (χ3n) is 1.77. The zero-order valence-corrected chi connectivity index (χ0v) is 15.4. The van der Waals surface area contributed by atoms with E-state index in [4.69, 9.17) is 0 Å². The lowest BCUT2D eigenvalue weighted by Crippen LogP contribution is -1.99. The van der Waals surface area contributed by atoms with Crippen molar-refractivity contribution in [2.24, 2.45) is 0 Å². The number of carbonyl (C=O) groups is 1. The molecule has 0 atom stereocenters. The molecule has 0 heterocycles. The molecule has 121 valence electrons. The molecule has 0 aromatic rings. The molecule has 1 rings (SSSR count). The van der Waals surface area contributed by atoms with Crippen molar-refractivity contribution in [3.8, 4) is 0 Å². The summed E-state index contributed by atoms with van der Waals surface area (Å²) < 4.78 is 0. The quantitative estimate of drug-likeness (QED) is 0.521. The minimum absolute atomic E-state index is 0.203. The molecule has 21 heavy (non-hydrogen) atoms. The molecule has 1 aliphatic carbocycles. The molecular weight excluding hydrogens is 256 g/mol. The summed E-state index contributed by atoms with van der Waals surface area (Å²) in [6, 6.07) is 0. The summed E-state index contributed by atoms with van der Waals surface area (Å²) in [5.41, 5.74) is 3.09. The van der Waals surface area contributed by atoms with Gasteiger partial charge in [-0.1, -0.05) is 76.5 Å². The summed E-state index contributed by atoms with van der Waals surface area (Å²) >= 11 is 0. The van der Waals surface area contributed by atoms with E-state index in [2.05, 4.69) is 20.4 Å². The number of hydrogen-bond donors (Lipinski definition) is 0. The van der Waals surface area contributed by atoms with Gasteiger partial charge in [0.2, 0.25) is 0 Å². The maximum Gasteiger partial charge on any atom is 0.159 e. The highest BCUT2D eigenvalue weighted by Crippen LogP contribution is 2.12. The highest BCUT2D eigenvalue weighted by molar-refractivity contribution is 5.98. The molecule has 0 aromatic heterocycles. The molecule has 0 amide bonds. The van der Waals surface area contributed by atoms with Crippen molar-refractivity contribution < 1.29 is 4.79 Å². The van der Waals surface area contributed by atoms with Crippen LogP contribution in [0.25, 0.3) is 0 Å². The fraction of sp³-hybridized carbons (Fsp3) is 0.500. The van der Waals surface area contributed by atoms with Crippen LogP contribution in [0.3, 0.4) is 0 Å². The van der Waals surface area contributed by atoms with Gasteiger partial charge in [-0.3, -0.25) is 4.79 Å². The van der Waals surface area contributed by atoms with Gasteiger partial charge >= 0.3 is 0 Å². The first-order valence-corrected chi connectivity index (χ1v) is 7.94. The third kappa shape index (κ3) is 21.1. The van der Waals surface area contributed by atoms with Crippen LogP contribution in [-0.4, -0.2) is 5.78 Å². The van der Waals surface area contributed by atoms with Crippen LogP contribution < -0.4 is 0 Å². The summed E-state index contributed by atoms with van der Waals surface area (Å²) in [5.74, 6) is 0.203. The highest BCUT2D eigenvalue weighted by atomic mass is 16.1. The average molecular weight is 291 g/mol. The normalized spacial score (nSPS) is 11.8. The summed E-state index contributed by atoms with van der Waals surface area (Å²) in [6.45, 7) is 19.6. The van der Waals surface area contributed by atoms with E-state index < -0.39 is 0 Å². The van der Waals surface area contributed by atoms with E-state index in [0.717, 1.165) is 11.1 Å². The first-order chi connectivity index (χ1) is 9.88. The topological polar surface area (TPSA) is 17.1 Å². The molecule has 1 aliphatic rings. The zero-order valence-electron chi connectivity index (χ0n) is 15.4. The van der Waals surface area contributed by atoms with Gasteiger partial charge in [0.05, 0.1) is 0 Å². The Hall–Kier alpha value is -1.37. The number of hydrogen-bond acceptors (Lipinski definition) is 1. The number of rotatable bonds is 2. The Kier molecular flexibility index (Phi) is 21.9. The van der Waals surface area contributed by atoms with Crippen LogP contribution in [0.4, 0.5) is 0 Å². The highest BCUT2D eigenvalue weighted by Gasteiger charge is 2.06. The Balaban J connectivity index is -0.000000301. The van der Waals surface area contributed by atoms with Crippen LogP contribution in [0.2, 0.25) is 0 Å². The summed E-state index contributed by atoms with van der Waals surface area (Å²) in [5, 5.41) is 0. The lowest BCUT2D eigenvalue weighted by atomic mass is 10.0. The Morgan fingerprint density at radius 1 is 1.10 bits per heavy atom. The number of ketones is 1. The molecule has 0 fully saturated rings. The molecular formula is C20H35O. The fourth-order valence-corrected chi connectivity index (χ4v) is 1.09. The molecule has 0 aromatic carbocycles. The van der Waals surface area contributed by atoms with Crippen LogP contribution in [0.5, 0.6) is 0 Å². The molecule has 1 heteroatoms. The van der Waals surface area contributed by atoms with Gasteiger partial charge in [0.25, 0.3) is 0 Å². The van der Waals surface area contributed by atoms with E-state index >= 15 is 0 Å². The van der Waals surface area contributed by atoms with Crippen molar-refractivity contribution in [1.29, 1.82) is 0 Å². The van der Waals surface area contributed by atoms with Crippen LogP contribution in [0.1, 0.15) is 68.2 Å². The van der Waals surface area contributed by atoms with Crippen LogP contribution in [0.15, 0.2) is 47.6 Å². The first-order valence-electron chi connectivity index (χ1n) is 7.94. The monoisotopic (exact) mass is 291 g/mol. The van der Waals surface area contributed by atoms with E-state index in [9.17, 15) is 4.79 Å². The Morgan fingerprint density at radius 3 is 1.90 bits per heavy atom. The molecule has 0 saturated heterocycles. The van der Waals surface area contributed by atoms with Crippen molar-refractivity contribution in [2.75, 3.05) is 0 Å². The fourth-order valence-electron chi connectivity index (χ4n) is 1.09. The maximum atomic E-state index is 11.3. The largest absolute Gasteiger partial charge is 0.295 e. The second-order valence-electron chi connectivity index (χ2n) is 4.75. The van der Waals surface area contributed by atoms with Crippen molar-refractivity contribution in [1.82, 2.24) is 0 Å². The lowest BCUT2D eigenvalue weighted by Gasteiger charge is -1.99. The number of Topliss-reactive ketones (excluding diaryl/α,β-unsaturated/α-hetero) is 1. The van der Waals surface area contributed by atoms with Gasteiger partial charge in [0.15, 0.2) is 5.78 Å². The Morgan fingerprint density at radius 2 is 1.52 bits per heavy atom. The molecule has 0 aliphatic heterocycles. The molecule has 0 bridgehead atoms. The second kappa shape index (κ2) is 18.6. The lowest BCUT2D eigenvalue weighted by molar-refractivity contribution is -0.115. The van der Waals surface area contributed by atoms with E-state index in [1.807, 2.05) is 72.3 Å². The number of allylic oxidation sites excluding steroid dienone is 7. The molecule has 0 saturated carbocycles. The van der Waals surface area contributed by atoms with Gasteiger partial charge in [0.1, 0.15) is 0 Å². The molecule has 0 spiro atoms. The standard InChI is InChI=1S/C11H13O.C4H8.C3H8.C2H6/c1-3-11(12)10-7-5-4-6-9(2)8-10;1-4(2)3;1-3-2;1-2/h4-8H,3H2,1-2H3;1H2,2-3H3;3H2,1-2H3;1-2H3. The maximum absolute atomic E-state index is 11.3. The third-order valence-corrected chi connectivity index (χ3v) is 1.77. The summed E-state index contributed by atoms with van der Waals surface area (Å²) in [6.07, 6.45) is 11.4. The van der Waals surface area contributed by atoms with Crippen molar-refractivity contribution in [2.45, 2.75) is 68.2 Å². The van der Waals surface area contributed by atoms with Crippen LogP contribution in [-0.2, 0) is 4.79 Å². The van der Waals surface area contributed by atoms with Gasteiger partial charge in [0, 0.05) is 18.4 Å². The van der Waals surface area contributed by atoms with Crippen molar-refractivity contribution in [3.05, 3.63) is 54.0 Å². The summed E-state index contributed by atoms with van der Waals surface area (Å²) in [4.78, 5) is 11.3. The smallest absolute Gasteiger partial charge is 0.159 e. The van der Waals surface area contributed by atoms with E-state index in [-0.39, 0.29) is 5.78 Å². The Labute approximate surface area is 133 Å². The molecule has 1 radical (unpaired) electrons. The van der Waals surface area contributed by atoms with Gasteiger partial charge < -0.3 is 0 Å². The first kappa shape index (κ1) is 24.6. The van der Waals surface area contributed by atoms with Gasteiger partial charge in [-0.2, -0.15) is 0 Å². The van der Waals surface area contributed by atoms with E-state index in [1.165, 1.54) is 12.0 Å². The second-order valence-corrected chi connectivity index (χ2v) is 4.75. The van der Waals surface area contributed by atoms with Crippen molar-refractivity contribution in [3.63, 3.8) is 0 Å². The van der Waals surface area contributed by atoms with E-state index in [0.29, 0.717) is 6.42 Å². The minimum atomic E-state index is 0.203. The van der Waals surface area contributed by atoms with Crippen molar-refractivity contribution >= 4 is 5.78 Å². The Bertz CT molecular complexity index is 350. The predicted molar refractivity (Wildman–Crippen MR) is 98.4 cm³/mol. The van der Waals surface area contributed by atoms with Gasteiger partial charge in [-0.05, 0) is 20.8 Å². The predicted octanol–water partition coefficient (Wildman–Crippen LogP) is 6.64. The average Bonchev–Trinajstić information content (AvgIpc) is 2.65. The molecule has 1 nitrogen and oxygen atoms in total. The van der Waals surface area contributed by atoms with Gasteiger partial charge in [-0.15, -0.1) is 6.58 Å². The minimum Gasteiger partial charge on any atom is -0.295 e. The number of carbonyl (C=O) groups excluding carboxylic acids is 1. The van der Waals surface area contributed by atoms with Crippen LogP contribution in [0, 0.1) is 6.42 Å². The zero-order chi connectivity index (χ0) is 17.3. The molecule has 0 unspecified atom stereocenters. The van der Waals surface area contributed by atoms with Gasteiger partial charge in [-0.25, -0.2) is 0 Å². The van der Waals surface area contributed by atoms with E-state index in [1.54, 1.807) is 0 Å². The van der Waals surface area contributed by atoms with Crippen LogP contribution >= 0.6 is 0 Å². The molecule has 0 N–H and O–H groups in total. The SMILES string of the molecule is C=C(C)C.CC.CCC.CCC(=O)C1=CC(C)=CC=C[CH]1.